The molecule has 2 heterocycles. The average Bonchev–Trinajstić information content (AvgIpc) is 4.05. The fourth-order valence-corrected chi connectivity index (χ4v) is 9.90. The van der Waals surface area contributed by atoms with Gasteiger partial charge in [-0.3, -0.25) is 0 Å². The fraction of sp³-hybridized carbons (Fsp3) is 0.0164. The maximum absolute atomic E-state index is 6.82. The zero-order valence-electron chi connectivity index (χ0n) is 34.3. The SMILES string of the molecule is c1ccc(-c2ccc3oc4c(-c5ccc6c(c5)-c5cc(-c7cc(-c8ccccc8)cc8c7oc7ccc(-c9ccccc9)cc78)ccc5C6)cc(-c5ccccc5)cc4c3c2)cc1. The number of hydrogen-bond donors (Lipinski definition) is 0. The molecule has 2 nitrogen and oxygen atoms in total. The van der Waals surface area contributed by atoms with Gasteiger partial charge >= 0.3 is 0 Å². The molecule has 1 aliphatic rings. The lowest BCUT2D eigenvalue weighted by Crippen LogP contribution is -1.87. The van der Waals surface area contributed by atoms with E-state index in [1.54, 1.807) is 0 Å². The summed E-state index contributed by atoms with van der Waals surface area (Å²) in [6, 6.07) is 78.9. The Balaban J connectivity index is 0.976. The van der Waals surface area contributed by atoms with Crippen molar-refractivity contribution in [2.45, 2.75) is 6.42 Å². The zero-order valence-corrected chi connectivity index (χ0v) is 34.3. The van der Waals surface area contributed by atoms with Crippen LogP contribution in [0.1, 0.15) is 11.1 Å². The van der Waals surface area contributed by atoms with E-state index in [9.17, 15) is 0 Å². The predicted octanol–water partition coefficient (Wildman–Crippen LogP) is 17.1. The molecule has 1 aliphatic carbocycles. The van der Waals surface area contributed by atoms with Gasteiger partial charge in [0.2, 0.25) is 0 Å². The van der Waals surface area contributed by atoms with Crippen LogP contribution in [0.5, 0.6) is 0 Å². The molecule has 10 aromatic carbocycles. The lowest BCUT2D eigenvalue weighted by molar-refractivity contribution is 0.669. The van der Waals surface area contributed by atoms with Crippen molar-refractivity contribution in [3.63, 3.8) is 0 Å². The molecule has 0 N–H and O–H groups in total. The van der Waals surface area contributed by atoms with Gasteiger partial charge in [0, 0.05) is 32.7 Å². The van der Waals surface area contributed by atoms with Gasteiger partial charge in [-0.2, -0.15) is 0 Å². The molecular formula is C61H38O2. The third-order valence-electron chi connectivity index (χ3n) is 13.1. The second-order valence-electron chi connectivity index (χ2n) is 16.8. The van der Waals surface area contributed by atoms with Crippen molar-refractivity contribution in [3.8, 4) is 77.9 Å². The molecule has 2 aromatic heterocycles. The van der Waals surface area contributed by atoms with E-state index in [0.29, 0.717) is 0 Å². The van der Waals surface area contributed by atoms with Gasteiger partial charge in [0.25, 0.3) is 0 Å². The molecule has 0 spiro atoms. The molecular weight excluding hydrogens is 765 g/mol. The third-order valence-corrected chi connectivity index (χ3v) is 13.1. The van der Waals surface area contributed by atoms with Crippen LogP contribution in [-0.4, -0.2) is 0 Å². The predicted molar refractivity (Wildman–Crippen MR) is 262 cm³/mol. The number of rotatable bonds is 6. The number of furan rings is 2. The van der Waals surface area contributed by atoms with Gasteiger partial charge in [0.05, 0.1) is 0 Å². The molecule has 0 unspecified atom stereocenters. The highest BCUT2D eigenvalue weighted by molar-refractivity contribution is 6.14. The van der Waals surface area contributed by atoms with Crippen molar-refractivity contribution < 1.29 is 8.83 Å². The van der Waals surface area contributed by atoms with Gasteiger partial charge in [-0.25, -0.2) is 0 Å². The van der Waals surface area contributed by atoms with Crippen molar-refractivity contribution in [1.82, 2.24) is 0 Å². The molecule has 0 saturated carbocycles. The summed E-state index contributed by atoms with van der Waals surface area (Å²) in [7, 11) is 0. The minimum absolute atomic E-state index is 0.887. The minimum atomic E-state index is 0.887. The molecule has 0 bridgehead atoms. The Morgan fingerprint density at radius 1 is 0.238 bits per heavy atom. The second kappa shape index (κ2) is 14.2. The largest absolute Gasteiger partial charge is 0.455 e. The molecule has 13 rings (SSSR count). The van der Waals surface area contributed by atoms with Crippen molar-refractivity contribution >= 4 is 43.9 Å². The van der Waals surface area contributed by atoms with Gasteiger partial charge in [-0.05, 0) is 145 Å². The topological polar surface area (TPSA) is 26.3 Å². The lowest BCUT2D eigenvalue weighted by Gasteiger charge is -2.12. The first kappa shape index (κ1) is 35.5. The first-order valence-electron chi connectivity index (χ1n) is 21.7. The molecule has 12 aromatic rings. The summed E-state index contributed by atoms with van der Waals surface area (Å²) in [6.45, 7) is 0. The van der Waals surface area contributed by atoms with Crippen LogP contribution in [0, 0.1) is 0 Å². The Labute approximate surface area is 365 Å². The Hall–Kier alpha value is -8.20. The monoisotopic (exact) mass is 802 g/mol. The van der Waals surface area contributed by atoms with Crippen molar-refractivity contribution in [1.29, 1.82) is 0 Å². The number of hydrogen-bond acceptors (Lipinski definition) is 2. The molecule has 0 radical (unpaired) electrons. The van der Waals surface area contributed by atoms with Gasteiger partial charge in [0.15, 0.2) is 0 Å². The molecule has 0 aliphatic heterocycles. The quantitative estimate of drug-likeness (QED) is 0.167. The molecule has 294 valence electrons. The van der Waals surface area contributed by atoms with Crippen LogP contribution in [0.15, 0.2) is 227 Å². The Bertz CT molecular complexity index is 3480. The Kier molecular flexibility index (Phi) is 8.01. The molecule has 0 amide bonds. The molecule has 2 heteroatoms. The third kappa shape index (κ3) is 5.95. The average molecular weight is 803 g/mol. The summed E-state index contributed by atoms with van der Waals surface area (Å²) >= 11 is 0. The van der Waals surface area contributed by atoms with Crippen LogP contribution in [0.25, 0.3) is 122 Å². The first-order chi connectivity index (χ1) is 31.2. The van der Waals surface area contributed by atoms with Gasteiger partial charge in [-0.15, -0.1) is 0 Å². The lowest BCUT2D eigenvalue weighted by atomic mass is 9.92. The number of benzene rings is 10. The summed E-state index contributed by atoms with van der Waals surface area (Å²) in [6.07, 6.45) is 0.893. The van der Waals surface area contributed by atoms with Gasteiger partial charge in [0.1, 0.15) is 22.3 Å². The van der Waals surface area contributed by atoms with Crippen LogP contribution in [-0.2, 0) is 6.42 Å². The maximum atomic E-state index is 6.82. The fourth-order valence-electron chi connectivity index (χ4n) is 9.90. The summed E-state index contributed by atoms with van der Waals surface area (Å²) in [5.74, 6) is 0. The normalized spacial score (nSPS) is 12.1. The van der Waals surface area contributed by atoms with Crippen molar-refractivity contribution in [3.05, 3.63) is 230 Å². The molecule has 0 saturated heterocycles. The Morgan fingerprint density at radius 3 is 0.968 bits per heavy atom. The van der Waals surface area contributed by atoms with Crippen molar-refractivity contribution in [2.75, 3.05) is 0 Å². The first-order valence-corrected chi connectivity index (χ1v) is 21.7. The second-order valence-corrected chi connectivity index (χ2v) is 16.8. The van der Waals surface area contributed by atoms with E-state index in [4.69, 9.17) is 8.83 Å². The van der Waals surface area contributed by atoms with E-state index < -0.39 is 0 Å². The highest BCUT2D eigenvalue weighted by Crippen LogP contribution is 2.47. The summed E-state index contributed by atoms with van der Waals surface area (Å²) < 4.78 is 13.6. The van der Waals surface area contributed by atoms with E-state index in [1.807, 2.05) is 0 Å². The highest BCUT2D eigenvalue weighted by atomic mass is 16.3. The van der Waals surface area contributed by atoms with Crippen LogP contribution in [0.4, 0.5) is 0 Å². The zero-order chi connectivity index (χ0) is 41.4. The van der Waals surface area contributed by atoms with Gasteiger partial charge in [-0.1, -0.05) is 158 Å². The van der Waals surface area contributed by atoms with E-state index in [0.717, 1.165) is 83.7 Å². The molecule has 0 atom stereocenters. The van der Waals surface area contributed by atoms with E-state index in [1.165, 1.54) is 55.6 Å². The van der Waals surface area contributed by atoms with E-state index >= 15 is 0 Å². The standard InChI is InChI=1S/C61H38O2/c1-5-13-38(14-6-1)42-25-27-58-54(30-42)56-36-48(40-17-9-3-10-18-40)34-52(60(56)62-58)46-23-21-44-29-45-22-24-47(33-51(45)50(44)32-46)53-35-49(41-19-11-4-12-20-41)37-57-55-31-43(39-15-7-2-8-16-39)26-28-59(55)63-61(53)57/h1-28,30-37H,29H2. The Morgan fingerprint density at radius 2 is 0.571 bits per heavy atom. The summed E-state index contributed by atoms with van der Waals surface area (Å²) in [5, 5.41) is 4.47. The molecule has 63 heavy (non-hydrogen) atoms. The van der Waals surface area contributed by atoms with Crippen LogP contribution in [0.3, 0.4) is 0 Å². The molecule has 0 fully saturated rings. The smallest absolute Gasteiger partial charge is 0.143 e. The van der Waals surface area contributed by atoms with Crippen LogP contribution < -0.4 is 0 Å². The van der Waals surface area contributed by atoms with Crippen LogP contribution >= 0.6 is 0 Å². The summed E-state index contributed by atoms with van der Waals surface area (Å²) in [4.78, 5) is 0. The highest BCUT2D eigenvalue weighted by Gasteiger charge is 2.24. The van der Waals surface area contributed by atoms with E-state index in [2.05, 4.69) is 218 Å². The minimum Gasteiger partial charge on any atom is -0.455 e. The summed E-state index contributed by atoms with van der Waals surface area (Å²) in [5.41, 5.74) is 22.6. The van der Waals surface area contributed by atoms with Gasteiger partial charge < -0.3 is 8.83 Å². The number of fused-ring (bicyclic) bond motifs is 9. The van der Waals surface area contributed by atoms with E-state index in [-0.39, 0.29) is 0 Å². The maximum Gasteiger partial charge on any atom is 0.143 e. The van der Waals surface area contributed by atoms with Crippen LogP contribution in [0.2, 0.25) is 0 Å². The van der Waals surface area contributed by atoms with Crippen molar-refractivity contribution in [2.24, 2.45) is 0 Å².